The number of aryl methyl sites for hydroxylation is 1. The Hall–Kier alpha value is -1.86. The number of nitrogens with two attached hydrogens (primary N) is 3. The molecule has 7 nitrogen and oxygen atoms in total. The molecule has 1 rings (SSSR count). The predicted molar refractivity (Wildman–Crippen MR) is 53.1 cm³/mol. The lowest BCUT2D eigenvalue weighted by molar-refractivity contribution is -0.383. The van der Waals surface area contributed by atoms with Crippen LogP contribution in [-0.2, 0) is 0 Å². The standard InChI is InChI=1S/C7H11N5O2/c1-4-2-5(8)7(12(13)14)3-6(4)11(9)10/h2-3H,8-10H2,1H3. The first kappa shape index (κ1) is 10.2. The third kappa shape index (κ3) is 1.73. The predicted octanol–water partition coefficient (Wildman–Crippen LogP) is 0.0392. The molecule has 1 aromatic rings. The van der Waals surface area contributed by atoms with E-state index < -0.39 is 4.92 Å². The Bertz CT molecular complexity index is 377. The van der Waals surface area contributed by atoms with Crippen LogP contribution in [0.1, 0.15) is 5.56 Å². The summed E-state index contributed by atoms with van der Waals surface area (Å²) in [6, 6.07) is 2.70. The van der Waals surface area contributed by atoms with E-state index in [4.69, 9.17) is 17.4 Å². The number of nitro groups is 1. The number of hydrogen-bond acceptors (Lipinski definition) is 6. The van der Waals surface area contributed by atoms with Gasteiger partial charge in [-0.15, -0.1) is 0 Å². The Balaban J connectivity index is 3.34. The lowest BCUT2D eigenvalue weighted by atomic mass is 10.1. The minimum Gasteiger partial charge on any atom is -0.393 e. The normalized spacial score (nSPS) is 9.93. The van der Waals surface area contributed by atoms with Gasteiger partial charge in [-0.2, -0.15) is 0 Å². The molecule has 0 fully saturated rings. The van der Waals surface area contributed by atoms with Gasteiger partial charge in [0.25, 0.3) is 5.69 Å². The van der Waals surface area contributed by atoms with E-state index in [0.717, 1.165) is 5.12 Å². The molecule has 0 saturated carbocycles. The van der Waals surface area contributed by atoms with Gasteiger partial charge in [0, 0.05) is 6.07 Å². The number of nitrogen functional groups attached to an aromatic ring is 1. The quantitative estimate of drug-likeness (QED) is 0.266. The Morgan fingerprint density at radius 1 is 1.43 bits per heavy atom. The van der Waals surface area contributed by atoms with Crippen molar-refractivity contribution >= 4 is 17.1 Å². The summed E-state index contributed by atoms with van der Waals surface area (Å²) in [4.78, 5) is 9.95. The van der Waals surface area contributed by atoms with Crippen LogP contribution in [0.3, 0.4) is 0 Å². The summed E-state index contributed by atoms with van der Waals surface area (Å²) >= 11 is 0. The highest BCUT2D eigenvalue weighted by Crippen LogP contribution is 2.28. The van der Waals surface area contributed by atoms with Gasteiger partial charge in [-0.3, -0.25) is 10.1 Å². The van der Waals surface area contributed by atoms with Crippen LogP contribution in [0.25, 0.3) is 0 Å². The molecule has 1 aromatic carbocycles. The van der Waals surface area contributed by atoms with E-state index in [-0.39, 0.29) is 11.4 Å². The van der Waals surface area contributed by atoms with E-state index in [0.29, 0.717) is 11.3 Å². The molecule has 14 heavy (non-hydrogen) atoms. The van der Waals surface area contributed by atoms with E-state index in [9.17, 15) is 10.1 Å². The number of anilines is 2. The topological polar surface area (TPSA) is 124 Å². The molecule has 7 heteroatoms. The molecular weight excluding hydrogens is 186 g/mol. The fourth-order valence-electron chi connectivity index (χ4n) is 1.14. The molecule has 0 aromatic heterocycles. The second-order valence-electron chi connectivity index (χ2n) is 2.86. The van der Waals surface area contributed by atoms with E-state index in [1.54, 1.807) is 6.92 Å². The Labute approximate surface area is 80.2 Å². The molecule has 0 unspecified atom stereocenters. The molecule has 0 aliphatic carbocycles. The highest BCUT2D eigenvalue weighted by Gasteiger charge is 2.15. The summed E-state index contributed by atoms with van der Waals surface area (Å²) in [6.45, 7) is 1.71. The van der Waals surface area contributed by atoms with E-state index in [1.807, 2.05) is 0 Å². The zero-order chi connectivity index (χ0) is 10.9. The smallest absolute Gasteiger partial charge is 0.294 e. The van der Waals surface area contributed by atoms with Gasteiger partial charge >= 0.3 is 0 Å². The van der Waals surface area contributed by atoms with Crippen molar-refractivity contribution in [2.75, 3.05) is 10.9 Å². The first-order valence-electron chi connectivity index (χ1n) is 3.77. The van der Waals surface area contributed by atoms with Crippen molar-refractivity contribution in [3.8, 4) is 0 Å². The van der Waals surface area contributed by atoms with Crippen LogP contribution in [0.4, 0.5) is 17.1 Å². The van der Waals surface area contributed by atoms with Crippen LogP contribution in [0.2, 0.25) is 0 Å². The number of rotatable bonds is 2. The van der Waals surface area contributed by atoms with Crippen molar-refractivity contribution < 1.29 is 4.92 Å². The first-order valence-corrected chi connectivity index (χ1v) is 3.77. The second kappa shape index (κ2) is 3.48. The van der Waals surface area contributed by atoms with E-state index in [1.165, 1.54) is 12.1 Å². The average Bonchev–Trinajstić information content (AvgIpc) is 2.02. The number of nitrogens with zero attached hydrogens (tertiary/aromatic N) is 2. The Morgan fingerprint density at radius 3 is 2.43 bits per heavy atom. The number of nitro benzene ring substituents is 1. The van der Waals surface area contributed by atoms with E-state index >= 15 is 0 Å². The third-order valence-corrected chi connectivity index (χ3v) is 1.82. The maximum atomic E-state index is 10.5. The van der Waals surface area contributed by atoms with Gasteiger partial charge in [0.15, 0.2) is 0 Å². The minimum atomic E-state index is -0.582. The van der Waals surface area contributed by atoms with Gasteiger partial charge in [-0.1, -0.05) is 0 Å². The van der Waals surface area contributed by atoms with Crippen LogP contribution in [-0.4, -0.2) is 4.92 Å². The molecule has 0 heterocycles. The molecule has 6 N–H and O–H groups in total. The highest BCUT2D eigenvalue weighted by atomic mass is 16.6. The molecule has 76 valence electrons. The van der Waals surface area contributed by atoms with Crippen LogP contribution >= 0.6 is 0 Å². The van der Waals surface area contributed by atoms with Gasteiger partial charge in [0.1, 0.15) is 5.69 Å². The van der Waals surface area contributed by atoms with Crippen LogP contribution in [0.15, 0.2) is 12.1 Å². The van der Waals surface area contributed by atoms with Crippen molar-refractivity contribution in [1.29, 1.82) is 0 Å². The fourth-order valence-corrected chi connectivity index (χ4v) is 1.14. The lowest BCUT2D eigenvalue weighted by Gasteiger charge is -2.14. The zero-order valence-electron chi connectivity index (χ0n) is 7.60. The first-order chi connectivity index (χ1) is 6.43. The van der Waals surface area contributed by atoms with Crippen molar-refractivity contribution in [3.05, 3.63) is 27.8 Å². The highest BCUT2D eigenvalue weighted by molar-refractivity contribution is 5.69. The molecule has 0 aliphatic heterocycles. The third-order valence-electron chi connectivity index (χ3n) is 1.82. The zero-order valence-corrected chi connectivity index (χ0v) is 7.60. The maximum absolute atomic E-state index is 10.5. The van der Waals surface area contributed by atoms with Gasteiger partial charge in [0.2, 0.25) is 0 Å². The maximum Gasteiger partial charge on any atom is 0.294 e. The van der Waals surface area contributed by atoms with Crippen molar-refractivity contribution in [2.24, 2.45) is 11.7 Å². The van der Waals surface area contributed by atoms with Gasteiger partial charge in [0.05, 0.1) is 10.6 Å². The van der Waals surface area contributed by atoms with Crippen LogP contribution in [0, 0.1) is 17.0 Å². The largest absolute Gasteiger partial charge is 0.393 e. The van der Waals surface area contributed by atoms with Crippen molar-refractivity contribution in [1.82, 2.24) is 0 Å². The fraction of sp³-hybridized carbons (Fsp3) is 0.143. The second-order valence-corrected chi connectivity index (χ2v) is 2.86. The van der Waals surface area contributed by atoms with Crippen LogP contribution < -0.4 is 22.5 Å². The van der Waals surface area contributed by atoms with Gasteiger partial charge < -0.3 is 5.73 Å². The summed E-state index contributed by atoms with van der Waals surface area (Å²) in [7, 11) is 0. The molecule has 0 aliphatic rings. The molecule has 0 amide bonds. The Morgan fingerprint density at radius 2 is 2.00 bits per heavy atom. The Kier molecular flexibility index (Phi) is 2.54. The molecule has 0 atom stereocenters. The van der Waals surface area contributed by atoms with Crippen molar-refractivity contribution in [2.45, 2.75) is 6.92 Å². The molecule has 0 saturated heterocycles. The molecular formula is C7H11N5O2. The molecule has 0 radical (unpaired) electrons. The molecule has 0 bridgehead atoms. The van der Waals surface area contributed by atoms with E-state index in [2.05, 4.69) is 0 Å². The SMILES string of the molecule is Cc1cc(N)c([N+](=O)[O-])cc1N(N)N. The van der Waals surface area contributed by atoms with Crippen LogP contribution in [0.5, 0.6) is 0 Å². The number of benzene rings is 1. The minimum absolute atomic E-state index is 0.0955. The summed E-state index contributed by atoms with van der Waals surface area (Å²) in [5, 5.41) is 11.4. The summed E-state index contributed by atoms with van der Waals surface area (Å²) in [5.74, 6) is 10.6. The average molecular weight is 197 g/mol. The summed E-state index contributed by atoms with van der Waals surface area (Å²) in [6.07, 6.45) is 0. The summed E-state index contributed by atoms with van der Waals surface area (Å²) in [5.41, 5.74) is 6.39. The number of hydrazine groups is 2. The van der Waals surface area contributed by atoms with Gasteiger partial charge in [-0.05, 0) is 18.6 Å². The lowest BCUT2D eigenvalue weighted by Crippen LogP contribution is -2.38. The molecule has 0 spiro atoms. The number of hydrogen-bond donors (Lipinski definition) is 3. The summed E-state index contributed by atoms with van der Waals surface area (Å²) < 4.78 is 0. The van der Waals surface area contributed by atoms with Gasteiger partial charge in [-0.25, -0.2) is 16.8 Å². The van der Waals surface area contributed by atoms with Crippen molar-refractivity contribution in [3.63, 3.8) is 0 Å². The monoisotopic (exact) mass is 197 g/mol.